The van der Waals surface area contributed by atoms with Crippen LogP contribution in [-0.2, 0) is 27.2 Å². The summed E-state index contributed by atoms with van der Waals surface area (Å²) in [5.74, 6) is -2.52. The van der Waals surface area contributed by atoms with E-state index in [1.165, 1.54) is 37.4 Å². The Morgan fingerprint density at radius 2 is 1.32 bits per heavy atom. The molecular weight excluding hydrogens is 551 g/mol. The van der Waals surface area contributed by atoms with Crippen LogP contribution in [0.5, 0.6) is 0 Å². The van der Waals surface area contributed by atoms with Gasteiger partial charge in [-0.25, -0.2) is 9.69 Å². The number of rotatable bonds is 8. The van der Waals surface area contributed by atoms with Crippen molar-refractivity contribution in [2.75, 3.05) is 17.3 Å². The quantitative estimate of drug-likeness (QED) is 0.246. The van der Waals surface area contributed by atoms with Gasteiger partial charge in [0.25, 0.3) is 5.91 Å². The lowest BCUT2D eigenvalue weighted by Crippen LogP contribution is -2.40. The van der Waals surface area contributed by atoms with Crippen LogP contribution in [0.4, 0.5) is 11.4 Å². The van der Waals surface area contributed by atoms with E-state index in [1.54, 1.807) is 54.6 Å². The van der Waals surface area contributed by atoms with Crippen LogP contribution in [0.2, 0.25) is 10.0 Å². The first-order valence-electron chi connectivity index (χ1n) is 12.2. The lowest BCUT2D eigenvalue weighted by Gasteiger charge is -2.24. The molecule has 4 rings (SSSR count). The highest BCUT2D eigenvalue weighted by molar-refractivity contribution is 6.36. The molecule has 0 heterocycles. The first-order valence-corrected chi connectivity index (χ1v) is 12.9. The Labute approximate surface area is 241 Å². The molecule has 0 bridgehead atoms. The fourth-order valence-electron chi connectivity index (χ4n) is 4.04. The molecule has 0 saturated heterocycles. The summed E-state index contributed by atoms with van der Waals surface area (Å²) >= 11 is 12.2. The van der Waals surface area contributed by atoms with Crippen LogP contribution in [0.25, 0.3) is 0 Å². The second-order valence-corrected chi connectivity index (χ2v) is 9.59. The summed E-state index contributed by atoms with van der Waals surface area (Å²) in [6.07, 6.45) is -0.229. The van der Waals surface area contributed by atoms with E-state index >= 15 is 0 Å². The first-order chi connectivity index (χ1) is 19.3. The molecule has 0 aliphatic carbocycles. The van der Waals surface area contributed by atoms with Crippen LogP contribution < -0.4 is 10.2 Å². The third-order valence-electron chi connectivity index (χ3n) is 5.98. The Hall–Kier alpha value is -4.46. The summed E-state index contributed by atoms with van der Waals surface area (Å²) in [5, 5.41) is 3.31. The molecule has 3 amide bonds. The van der Waals surface area contributed by atoms with E-state index in [2.05, 4.69) is 5.32 Å². The maximum Gasteiger partial charge on any atom is 0.339 e. The number of hydrogen-bond donors (Lipinski definition) is 1. The zero-order chi connectivity index (χ0) is 28.6. The van der Waals surface area contributed by atoms with E-state index in [4.69, 9.17) is 27.9 Å². The molecule has 202 valence electrons. The highest BCUT2D eigenvalue weighted by Gasteiger charge is 2.29. The zero-order valence-electron chi connectivity index (χ0n) is 21.4. The Morgan fingerprint density at radius 3 is 1.88 bits per heavy atom. The van der Waals surface area contributed by atoms with Gasteiger partial charge in [-0.2, -0.15) is 0 Å². The summed E-state index contributed by atoms with van der Waals surface area (Å²) in [5.41, 5.74) is 1.57. The highest BCUT2D eigenvalue weighted by Crippen LogP contribution is 2.29. The molecule has 7 nitrogen and oxygen atoms in total. The van der Waals surface area contributed by atoms with Gasteiger partial charge >= 0.3 is 5.97 Å². The molecule has 0 aromatic heterocycles. The van der Waals surface area contributed by atoms with Gasteiger partial charge in [0.05, 0.1) is 41.9 Å². The number of hydrogen-bond acceptors (Lipinski definition) is 5. The number of anilines is 2. The minimum absolute atomic E-state index is 0.0531. The minimum Gasteiger partial charge on any atom is -0.465 e. The fraction of sp³-hybridized carbons (Fsp3) is 0.0968. The van der Waals surface area contributed by atoms with Gasteiger partial charge < -0.3 is 10.1 Å². The van der Waals surface area contributed by atoms with Crippen LogP contribution in [0.1, 0.15) is 31.8 Å². The maximum atomic E-state index is 13.7. The molecule has 40 heavy (non-hydrogen) atoms. The molecular formula is C31H24Cl2N2O5. The highest BCUT2D eigenvalue weighted by atomic mass is 35.5. The lowest BCUT2D eigenvalue weighted by molar-refractivity contribution is -0.125. The Balaban J connectivity index is 1.78. The molecule has 1 N–H and O–H groups in total. The molecule has 4 aromatic rings. The van der Waals surface area contributed by atoms with Crippen LogP contribution in [0, 0.1) is 0 Å². The summed E-state index contributed by atoms with van der Waals surface area (Å²) < 4.78 is 4.93. The molecule has 0 radical (unpaired) electrons. The third-order valence-corrected chi connectivity index (χ3v) is 6.54. The number of carbonyl (C=O) groups is 4. The maximum absolute atomic E-state index is 13.7. The molecule has 0 saturated carbocycles. The number of nitrogens with zero attached hydrogens (tertiary/aromatic N) is 1. The summed E-state index contributed by atoms with van der Waals surface area (Å²) in [7, 11) is 1.19. The van der Waals surface area contributed by atoms with E-state index < -0.39 is 23.7 Å². The van der Waals surface area contributed by atoms with Crippen molar-refractivity contribution >= 4 is 58.3 Å². The number of amides is 3. The van der Waals surface area contributed by atoms with Crippen molar-refractivity contribution in [2.24, 2.45) is 0 Å². The van der Waals surface area contributed by atoms with Crippen molar-refractivity contribution in [1.29, 1.82) is 0 Å². The Bertz CT molecular complexity index is 1510. The number of ether oxygens (including phenoxy) is 1. The van der Waals surface area contributed by atoms with Gasteiger partial charge in [-0.3, -0.25) is 14.4 Å². The van der Waals surface area contributed by atoms with Gasteiger partial charge in [0.2, 0.25) is 11.8 Å². The normalized spacial score (nSPS) is 10.5. The van der Waals surface area contributed by atoms with Gasteiger partial charge in [0.15, 0.2) is 0 Å². The van der Waals surface area contributed by atoms with Crippen molar-refractivity contribution in [3.63, 3.8) is 0 Å². The number of benzene rings is 4. The van der Waals surface area contributed by atoms with Crippen molar-refractivity contribution < 1.29 is 23.9 Å². The van der Waals surface area contributed by atoms with E-state index in [1.807, 2.05) is 12.1 Å². The van der Waals surface area contributed by atoms with Gasteiger partial charge in [0, 0.05) is 10.6 Å². The number of imide groups is 1. The molecule has 9 heteroatoms. The lowest BCUT2D eigenvalue weighted by atomic mass is 10.0. The van der Waals surface area contributed by atoms with Gasteiger partial charge in [-0.1, -0.05) is 83.9 Å². The van der Waals surface area contributed by atoms with Crippen molar-refractivity contribution in [3.8, 4) is 0 Å². The average molecular weight is 575 g/mol. The Kier molecular flexibility index (Phi) is 9.32. The smallest absolute Gasteiger partial charge is 0.339 e. The second kappa shape index (κ2) is 13.1. The number of nitrogens with one attached hydrogen (secondary N) is 1. The minimum atomic E-state index is -0.773. The standard InChI is InChI=1S/C31H24Cl2N2O5/c1-40-31(39)24-14-12-22(30(38)34-26-19-23(32)13-15-25(26)33)18-27(24)35(28(36)16-20-8-4-2-5-9-20)29(37)17-21-10-6-3-7-11-21/h2-15,18-19H,16-17H2,1H3,(H,34,38). The predicted octanol–water partition coefficient (Wildman–Crippen LogP) is 6.38. The average Bonchev–Trinajstić information content (AvgIpc) is 2.95. The van der Waals surface area contributed by atoms with Gasteiger partial charge in [-0.05, 0) is 47.5 Å². The van der Waals surface area contributed by atoms with Crippen molar-refractivity contribution in [3.05, 3.63) is 129 Å². The van der Waals surface area contributed by atoms with Gasteiger partial charge in [-0.15, -0.1) is 0 Å². The van der Waals surface area contributed by atoms with Crippen molar-refractivity contribution in [2.45, 2.75) is 12.8 Å². The molecule has 0 aliphatic rings. The number of methoxy groups -OCH3 is 1. The van der Waals surface area contributed by atoms with E-state index in [-0.39, 0.29) is 40.4 Å². The topological polar surface area (TPSA) is 92.8 Å². The Morgan fingerprint density at radius 1 is 0.750 bits per heavy atom. The van der Waals surface area contributed by atoms with Crippen LogP contribution in [0.3, 0.4) is 0 Å². The second-order valence-electron chi connectivity index (χ2n) is 8.75. The van der Waals surface area contributed by atoms with Crippen LogP contribution in [0.15, 0.2) is 97.1 Å². The van der Waals surface area contributed by atoms with Crippen LogP contribution in [-0.4, -0.2) is 30.8 Å². The summed E-state index contributed by atoms with van der Waals surface area (Å²) in [4.78, 5) is 54.3. The predicted molar refractivity (Wildman–Crippen MR) is 155 cm³/mol. The number of esters is 1. The van der Waals surface area contributed by atoms with Crippen LogP contribution >= 0.6 is 23.2 Å². The van der Waals surface area contributed by atoms with Crippen molar-refractivity contribution in [1.82, 2.24) is 0 Å². The largest absolute Gasteiger partial charge is 0.465 e. The molecule has 0 fully saturated rings. The SMILES string of the molecule is COC(=O)c1ccc(C(=O)Nc2cc(Cl)ccc2Cl)cc1N(C(=O)Cc1ccccc1)C(=O)Cc1ccccc1. The van der Waals surface area contributed by atoms with E-state index in [9.17, 15) is 19.2 Å². The fourth-order valence-corrected chi connectivity index (χ4v) is 4.37. The van der Waals surface area contributed by atoms with Gasteiger partial charge in [0.1, 0.15) is 0 Å². The van der Waals surface area contributed by atoms with E-state index in [0.717, 1.165) is 4.90 Å². The van der Waals surface area contributed by atoms with E-state index in [0.29, 0.717) is 16.1 Å². The monoisotopic (exact) mass is 574 g/mol. The number of carbonyl (C=O) groups excluding carboxylic acids is 4. The first kappa shape index (κ1) is 28.5. The summed E-state index contributed by atoms with van der Waals surface area (Å²) in [6.45, 7) is 0. The number of halogens is 2. The molecule has 0 atom stereocenters. The molecule has 4 aromatic carbocycles. The molecule has 0 unspecified atom stereocenters. The third kappa shape index (κ3) is 6.94. The zero-order valence-corrected chi connectivity index (χ0v) is 22.9. The summed E-state index contributed by atoms with van der Waals surface area (Å²) in [6, 6.07) is 26.5. The molecule has 0 spiro atoms. The molecule has 0 aliphatic heterocycles.